The van der Waals surface area contributed by atoms with E-state index >= 15 is 0 Å². The van der Waals surface area contributed by atoms with Gasteiger partial charge < -0.3 is 10.1 Å². The maximum Gasteiger partial charge on any atom is 0.0697 e. The molecular weight excluding hydrogens is 138 g/mol. The second-order valence-electron chi connectivity index (χ2n) is 2.32. The molecule has 1 aliphatic rings. The molecule has 3 heteroatoms. The van der Waals surface area contributed by atoms with Gasteiger partial charge in [-0.1, -0.05) is 0 Å². The highest BCUT2D eigenvalue weighted by Crippen LogP contribution is 2.00. The maximum atomic E-state index is 5.33. The van der Waals surface area contributed by atoms with Crippen LogP contribution in [0.25, 0.3) is 0 Å². The minimum Gasteiger partial charge on any atom is -0.376 e. The van der Waals surface area contributed by atoms with Crippen LogP contribution in [-0.2, 0) is 4.74 Å². The van der Waals surface area contributed by atoms with Crippen molar-refractivity contribution in [3.05, 3.63) is 0 Å². The summed E-state index contributed by atoms with van der Waals surface area (Å²) in [5.41, 5.74) is 0. The SMILES string of the molecule is C[C@@H]1OCCN[C@@H]1C.Cl. The molecule has 56 valence electrons. The second-order valence-corrected chi connectivity index (χ2v) is 2.32. The van der Waals surface area contributed by atoms with Crippen molar-refractivity contribution in [2.24, 2.45) is 0 Å². The zero-order valence-electron chi connectivity index (χ0n) is 5.89. The molecule has 0 unspecified atom stereocenters. The molecule has 2 atom stereocenters. The Morgan fingerprint density at radius 2 is 2.11 bits per heavy atom. The van der Waals surface area contributed by atoms with Crippen LogP contribution in [0.1, 0.15) is 13.8 Å². The Morgan fingerprint density at radius 3 is 2.44 bits per heavy atom. The first-order valence-electron chi connectivity index (χ1n) is 3.15. The molecule has 1 rings (SSSR count). The summed E-state index contributed by atoms with van der Waals surface area (Å²) in [5.74, 6) is 0. The molecule has 0 bridgehead atoms. The summed E-state index contributed by atoms with van der Waals surface area (Å²) in [7, 11) is 0. The number of morpholine rings is 1. The Kier molecular flexibility index (Phi) is 4.19. The first-order valence-corrected chi connectivity index (χ1v) is 3.15. The van der Waals surface area contributed by atoms with E-state index in [1.54, 1.807) is 0 Å². The van der Waals surface area contributed by atoms with Gasteiger partial charge in [-0.25, -0.2) is 0 Å². The lowest BCUT2D eigenvalue weighted by Gasteiger charge is -2.26. The van der Waals surface area contributed by atoms with Gasteiger partial charge in [0.25, 0.3) is 0 Å². The van der Waals surface area contributed by atoms with Crippen LogP contribution in [0.2, 0.25) is 0 Å². The van der Waals surface area contributed by atoms with E-state index in [2.05, 4.69) is 19.2 Å². The van der Waals surface area contributed by atoms with Crippen molar-refractivity contribution in [1.29, 1.82) is 0 Å². The fraction of sp³-hybridized carbons (Fsp3) is 1.00. The van der Waals surface area contributed by atoms with Crippen LogP contribution in [0.4, 0.5) is 0 Å². The Hall–Kier alpha value is 0.210. The Labute approximate surface area is 62.4 Å². The summed E-state index contributed by atoms with van der Waals surface area (Å²) in [6.07, 6.45) is 0.392. The van der Waals surface area contributed by atoms with E-state index in [4.69, 9.17) is 4.74 Å². The van der Waals surface area contributed by atoms with Gasteiger partial charge in [-0.2, -0.15) is 0 Å². The van der Waals surface area contributed by atoms with E-state index in [1.807, 2.05) is 0 Å². The first kappa shape index (κ1) is 9.21. The highest BCUT2D eigenvalue weighted by Gasteiger charge is 2.15. The predicted octanol–water partition coefficient (Wildman–Crippen LogP) is 0.805. The monoisotopic (exact) mass is 151 g/mol. The van der Waals surface area contributed by atoms with Crippen LogP contribution in [0.5, 0.6) is 0 Å². The van der Waals surface area contributed by atoms with Gasteiger partial charge in [0.05, 0.1) is 12.7 Å². The number of hydrogen-bond acceptors (Lipinski definition) is 2. The molecule has 0 saturated carbocycles. The third-order valence-corrected chi connectivity index (χ3v) is 1.65. The summed E-state index contributed by atoms with van der Waals surface area (Å²) >= 11 is 0. The molecule has 1 aliphatic heterocycles. The Morgan fingerprint density at radius 1 is 1.44 bits per heavy atom. The van der Waals surface area contributed by atoms with Crippen LogP contribution >= 0.6 is 12.4 Å². The van der Waals surface area contributed by atoms with Crippen LogP contribution < -0.4 is 5.32 Å². The van der Waals surface area contributed by atoms with E-state index in [1.165, 1.54) is 0 Å². The van der Waals surface area contributed by atoms with Gasteiger partial charge in [0.15, 0.2) is 0 Å². The number of nitrogens with one attached hydrogen (secondary N) is 1. The molecule has 1 heterocycles. The lowest BCUT2D eigenvalue weighted by Crippen LogP contribution is -2.44. The highest BCUT2D eigenvalue weighted by atomic mass is 35.5. The third-order valence-electron chi connectivity index (χ3n) is 1.65. The summed E-state index contributed by atoms with van der Waals surface area (Å²) in [4.78, 5) is 0. The molecule has 0 amide bonds. The van der Waals surface area contributed by atoms with Crippen molar-refractivity contribution >= 4 is 12.4 Å². The van der Waals surface area contributed by atoms with Crippen molar-refractivity contribution in [3.63, 3.8) is 0 Å². The standard InChI is InChI=1S/C6H13NO.ClH/c1-5-6(2)8-4-3-7-5;/h5-7H,3-4H2,1-2H3;1H/t5-,6+;/m1./s1. The number of ether oxygens (including phenoxy) is 1. The van der Waals surface area contributed by atoms with Gasteiger partial charge >= 0.3 is 0 Å². The van der Waals surface area contributed by atoms with Gasteiger partial charge in [0, 0.05) is 12.6 Å². The molecule has 2 nitrogen and oxygen atoms in total. The molecule has 1 saturated heterocycles. The maximum absolute atomic E-state index is 5.33. The van der Waals surface area contributed by atoms with E-state index < -0.39 is 0 Å². The average molecular weight is 152 g/mol. The van der Waals surface area contributed by atoms with Crippen molar-refractivity contribution in [2.75, 3.05) is 13.2 Å². The molecule has 0 aromatic heterocycles. The lowest BCUT2D eigenvalue weighted by molar-refractivity contribution is 0.0135. The third kappa shape index (κ3) is 2.52. The molecule has 0 radical (unpaired) electrons. The van der Waals surface area contributed by atoms with Crippen molar-refractivity contribution < 1.29 is 4.74 Å². The zero-order chi connectivity index (χ0) is 5.98. The van der Waals surface area contributed by atoms with Crippen molar-refractivity contribution in [3.8, 4) is 0 Å². The smallest absolute Gasteiger partial charge is 0.0697 e. The van der Waals surface area contributed by atoms with E-state index in [0.717, 1.165) is 13.2 Å². The van der Waals surface area contributed by atoms with Crippen LogP contribution in [0.3, 0.4) is 0 Å². The van der Waals surface area contributed by atoms with E-state index in [-0.39, 0.29) is 12.4 Å². The normalized spacial score (nSPS) is 35.3. The molecule has 0 aromatic rings. The minimum atomic E-state index is 0. The summed E-state index contributed by atoms with van der Waals surface area (Å²) in [5, 5.41) is 3.31. The van der Waals surface area contributed by atoms with E-state index in [9.17, 15) is 0 Å². The van der Waals surface area contributed by atoms with Crippen LogP contribution in [0, 0.1) is 0 Å². The van der Waals surface area contributed by atoms with Gasteiger partial charge in [0.2, 0.25) is 0 Å². The first-order chi connectivity index (χ1) is 3.80. The fourth-order valence-electron chi connectivity index (χ4n) is 0.842. The molecular formula is C6H14ClNO. The Balaban J connectivity index is 0.000000640. The summed E-state index contributed by atoms with van der Waals surface area (Å²) < 4.78 is 5.33. The zero-order valence-corrected chi connectivity index (χ0v) is 6.70. The molecule has 9 heavy (non-hydrogen) atoms. The summed E-state index contributed by atoms with van der Waals surface area (Å²) in [6, 6.07) is 0.531. The van der Waals surface area contributed by atoms with Gasteiger partial charge in [-0.15, -0.1) is 12.4 Å². The van der Waals surface area contributed by atoms with Gasteiger partial charge in [-0.3, -0.25) is 0 Å². The Bertz CT molecular complexity index is 69.5. The molecule has 0 aliphatic carbocycles. The predicted molar refractivity (Wildman–Crippen MR) is 40.1 cm³/mol. The highest BCUT2D eigenvalue weighted by molar-refractivity contribution is 5.85. The van der Waals surface area contributed by atoms with Gasteiger partial charge in [0.1, 0.15) is 0 Å². The quantitative estimate of drug-likeness (QED) is 0.553. The molecule has 1 N–H and O–H groups in total. The number of halogens is 1. The van der Waals surface area contributed by atoms with Crippen LogP contribution in [0.15, 0.2) is 0 Å². The topological polar surface area (TPSA) is 21.3 Å². The van der Waals surface area contributed by atoms with Crippen molar-refractivity contribution in [2.45, 2.75) is 26.0 Å². The molecule has 0 spiro atoms. The molecule has 1 fully saturated rings. The average Bonchev–Trinajstić information content (AvgIpc) is 1.77. The van der Waals surface area contributed by atoms with Crippen LogP contribution in [-0.4, -0.2) is 25.3 Å². The number of hydrogen-bond donors (Lipinski definition) is 1. The summed E-state index contributed by atoms with van der Waals surface area (Å²) in [6.45, 7) is 6.11. The molecule has 0 aromatic carbocycles. The fourth-order valence-corrected chi connectivity index (χ4v) is 0.842. The largest absolute Gasteiger partial charge is 0.376 e. The number of rotatable bonds is 0. The second kappa shape index (κ2) is 4.09. The van der Waals surface area contributed by atoms with E-state index in [0.29, 0.717) is 12.1 Å². The lowest BCUT2D eigenvalue weighted by atomic mass is 10.2. The minimum absolute atomic E-state index is 0. The van der Waals surface area contributed by atoms with Crippen molar-refractivity contribution in [1.82, 2.24) is 5.32 Å². The van der Waals surface area contributed by atoms with Gasteiger partial charge in [-0.05, 0) is 13.8 Å².